The molecule has 0 saturated heterocycles. The highest BCUT2D eigenvalue weighted by Crippen LogP contribution is 2.25. The zero-order chi connectivity index (χ0) is 24.9. The Kier molecular flexibility index (Phi) is 7.40. The maximum Gasteiger partial charge on any atom is 0.412 e. The number of amides is 2. The van der Waals surface area contributed by atoms with Crippen molar-refractivity contribution in [3.8, 4) is 11.1 Å². The monoisotopic (exact) mass is 463 g/mol. The Morgan fingerprint density at radius 1 is 0.971 bits per heavy atom. The van der Waals surface area contributed by atoms with Gasteiger partial charge in [0.05, 0.1) is 17.8 Å². The first-order valence-electron chi connectivity index (χ1n) is 10.7. The predicted molar refractivity (Wildman–Crippen MR) is 128 cm³/mol. The van der Waals surface area contributed by atoms with Gasteiger partial charge in [0.2, 0.25) is 5.91 Å². The molecule has 3 rings (SSSR count). The van der Waals surface area contributed by atoms with Crippen molar-refractivity contribution in [3.05, 3.63) is 77.9 Å². The van der Waals surface area contributed by atoms with E-state index in [0.29, 0.717) is 5.56 Å². The van der Waals surface area contributed by atoms with Crippen molar-refractivity contribution in [1.29, 1.82) is 0 Å². The Morgan fingerprint density at radius 3 is 2.44 bits per heavy atom. The number of halogens is 1. The second-order valence-electron chi connectivity index (χ2n) is 8.68. The molecule has 0 aliphatic heterocycles. The van der Waals surface area contributed by atoms with Crippen LogP contribution in [0.15, 0.2) is 60.8 Å². The van der Waals surface area contributed by atoms with Crippen molar-refractivity contribution in [2.75, 3.05) is 10.6 Å². The summed E-state index contributed by atoms with van der Waals surface area (Å²) in [5.41, 5.74) is 2.31. The van der Waals surface area contributed by atoms with Gasteiger partial charge in [0.15, 0.2) is 5.78 Å². The lowest BCUT2D eigenvalue weighted by atomic mass is 9.99. The molecule has 2 N–H and O–H groups in total. The van der Waals surface area contributed by atoms with Crippen molar-refractivity contribution in [2.24, 2.45) is 0 Å². The maximum absolute atomic E-state index is 13.8. The lowest BCUT2D eigenvalue weighted by Crippen LogP contribution is -2.27. The van der Waals surface area contributed by atoms with Crippen molar-refractivity contribution in [3.63, 3.8) is 0 Å². The van der Waals surface area contributed by atoms with Gasteiger partial charge in [-0.25, -0.2) is 9.18 Å². The van der Waals surface area contributed by atoms with Crippen LogP contribution in [0.5, 0.6) is 0 Å². The summed E-state index contributed by atoms with van der Waals surface area (Å²) in [6.45, 7) is 6.99. The topological polar surface area (TPSA) is 97.4 Å². The van der Waals surface area contributed by atoms with Crippen LogP contribution in [-0.2, 0) is 9.53 Å². The molecular weight excluding hydrogens is 437 g/mol. The molecule has 1 aromatic heterocycles. The molecule has 34 heavy (non-hydrogen) atoms. The number of pyridine rings is 1. The van der Waals surface area contributed by atoms with Crippen LogP contribution in [0.25, 0.3) is 11.1 Å². The molecule has 7 nitrogen and oxygen atoms in total. The molecule has 0 fully saturated rings. The van der Waals surface area contributed by atoms with Crippen LogP contribution in [0.3, 0.4) is 0 Å². The molecule has 0 aliphatic rings. The fraction of sp³-hybridized carbons (Fsp3) is 0.231. The fourth-order valence-electron chi connectivity index (χ4n) is 3.23. The molecule has 8 heteroatoms. The van der Waals surface area contributed by atoms with Gasteiger partial charge in [0, 0.05) is 23.0 Å². The summed E-state index contributed by atoms with van der Waals surface area (Å²) < 4.78 is 19.0. The Bertz CT molecular complexity index is 1230. The number of hydrogen-bond acceptors (Lipinski definition) is 5. The van der Waals surface area contributed by atoms with E-state index < -0.39 is 35.6 Å². The molecule has 0 bridgehead atoms. The van der Waals surface area contributed by atoms with E-state index in [1.54, 1.807) is 45.2 Å². The molecule has 0 spiro atoms. The molecule has 0 atom stereocenters. The summed E-state index contributed by atoms with van der Waals surface area (Å²) in [5.74, 6) is -1.67. The van der Waals surface area contributed by atoms with Crippen molar-refractivity contribution in [2.45, 2.75) is 39.7 Å². The lowest BCUT2D eigenvalue weighted by Gasteiger charge is -2.20. The highest BCUT2D eigenvalue weighted by molar-refractivity contribution is 6.12. The number of rotatable bonds is 6. The third-order valence-electron chi connectivity index (χ3n) is 4.71. The molecule has 2 amide bonds. The Balaban J connectivity index is 1.72. The minimum Gasteiger partial charge on any atom is -0.444 e. The number of nitrogens with zero attached hydrogens (tertiary/aromatic N) is 1. The minimum absolute atomic E-state index is 0.0170. The largest absolute Gasteiger partial charge is 0.444 e. The summed E-state index contributed by atoms with van der Waals surface area (Å²) in [6.07, 6.45) is 0.474. The van der Waals surface area contributed by atoms with E-state index in [-0.39, 0.29) is 11.4 Å². The first-order valence-corrected chi connectivity index (χ1v) is 10.7. The summed E-state index contributed by atoms with van der Waals surface area (Å²) in [4.78, 5) is 41.7. The maximum atomic E-state index is 13.8. The van der Waals surface area contributed by atoms with E-state index in [0.717, 1.165) is 29.0 Å². The number of anilines is 2. The summed E-state index contributed by atoms with van der Waals surface area (Å²) in [6, 6.07) is 14.1. The summed E-state index contributed by atoms with van der Waals surface area (Å²) >= 11 is 0. The molecule has 3 aromatic rings. The zero-order valence-electron chi connectivity index (χ0n) is 19.4. The van der Waals surface area contributed by atoms with E-state index in [1.807, 2.05) is 25.1 Å². The minimum atomic E-state index is -0.756. The number of Topliss-reactive ketones (excluding diaryl/α,β-unsaturated/α-hetero) is 1. The van der Waals surface area contributed by atoms with Crippen molar-refractivity contribution >= 4 is 29.2 Å². The van der Waals surface area contributed by atoms with Gasteiger partial charge in [-0.05, 0) is 63.6 Å². The summed E-state index contributed by atoms with van der Waals surface area (Å²) in [5, 5.41) is 4.98. The number of carbonyl (C=O) groups excluding carboxylic acids is 3. The van der Waals surface area contributed by atoms with Crippen LogP contribution in [0.4, 0.5) is 20.6 Å². The molecule has 0 saturated carbocycles. The quantitative estimate of drug-likeness (QED) is 0.358. The third-order valence-corrected chi connectivity index (χ3v) is 4.71. The molecule has 0 unspecified atom stereocenters. The van der Waals surface area contributed by atoms with E-state index in [2.05, 4.69) is 15.6 Å². The molecule has 176 valence electrons. The highest BCUT2D eigenvalue weighted by Gasteiger charge is 2.19. The van der Waals surface area contributed by atoms with Crippen LogP contribution in [0.1, 0.15) is 43.2 Å². The van der Waals surface area contributed by atoms with Crippen molar-refractivity contribution < 1.29 is 23.5 Å². The Labute approximate surface area is 197 Å². The number of aryl methyl sites for hydroxylation is 1. The average molecular weight is 464 g/mol. The second kappa shape index (κ2) is 10.2. The number of carbonyl (C=O) groups is 3. The lowest BCUT2D eigenvalue weighted by molar-refractivity contribution is -0.115. The smallest absolute Gasteiger partial charge is 0.412 e. The van der Waals surface area contributed by atoms with Crippen LogP contribution in [0.2, 0.25) is 0 Å². The first kappa shape index (κ1) is 24.6. The van der Waals surface area contributed by atoms with Crippen LogP contribution < -0.4 is 10.6 Å². The van der Waals surface area contributed by atoms with Crippen molar-refractivity contribution in [1.82, 2.24) is 4.98 Å². The van der Waals surface area contributed by atoms with Gasteiger partial charge in [-0.2, -0.15) is 0 Å². The van der Waals surface area contributed by atoms with Gasteiger partial charge in [0.25, 0.3) is 0 Å². The van der Waals surface area contributed by atoms with Gasteiger partial charge < -0.3 is 10.1 Å². The fourth-order valence-corrected chi connectivity index (χ4v) is 3.23. The first-order chi connectivity index (χ1) is 16.0. The third kappa shape index (κ3) is 6.71. The number of aromatic nitrogens is 1. The van der Waals surface area contributed by atoms with Crippen LogP contribution >= 0.6 is 0 Å². The standard InChI is InChI=1S/C26H26FN3O4/c1-16-20(9-6-12-28-16)17-7-5-8-18(13-17)23(31)15-24(32)29-22-14-19(27)10-11-21(22)30-25(33)34-26(2,3)4/h5-14H,15H2,1-4H3,(H,29,32)(H,30,33). The molecule has 0 aliphatic carbocycles. The number of hydrogen-bond donors (Lipinski definition) is 2. The SMILES string of the molecule is Cc1ncccc1-c1cccc(C(=O)CC(=O)Nc2cc(F)ccc2NC(=O)OC(C)(C)C)c1. The number of nitrogens with one attached hydrogen (secondary N) is 2. The number of ketones is 1. The van der Waals surface area contributed by atoms with Gasteiger partial charge in [-0.3, -0.25) is 19.9 Å². The van der Waals surface area contributed by atoms with E-state index in [1.165, 1.54) is 6.07 Å². The summed E-state index contributed by atoms with van der Waals surface area (Å²) in [7, 11) is 0. The Morgan fingerprint density at radius 2 is 1.74 bits per heavy atom. The normalized spacial score (nSPS) is 11.0. The molecule has 2 aromatic carbocycles. The molecular formula is C26H26FN3O4. The zero-order valence-corrected chi connectivity index (χ0v) is 19.4. The van der Waals surface area contributed by atoms with Gasteiger partial charge in [-0.1, -0.05) is 24.3 Å². The molecule has 0 radical (unpaired) electrons. The number of benzene rings is 2. The van der Waals surface area contributed by atoms with Gasteiger partial charge >= 0.3 is 6.09 Å². The van der Waals surface area contributed by atoms with Crippen LogP contribution in [-0.4, -0.2) is 28.4 Å². The van der Waals surface area contributed by atoms with Gasteiger partial charge in [-0.15, -0.1) is 0 Å². The van der Waals surface area contributed by atoms with E-state index in [4.69, 9.17) is 4.74 Å². The predicted octanol–water partition coefficient (Wildman–Crippen LogP) is 5.75. The molecule has 1 heterocycles. The van der Waals surface area contributed by atoms with Crippen LogP contribution in [0, 0.1) is 12.7 Å². The van der Waals surface area contributed by atoms with E-state index >= 15 is 0 Å². The highest BCUT2D eigenvalue weighted by atomic mass is 19.1. The Hall–Kier alpha value is -4.07. The average Bonchev–Trinajstić information content (AvgIpc) is 2.74. The van der Waals surface area contributed by atoms with Gasteiger partial charge in [0.1, 0.15) is 11.4 Å². The number of ether oxygens (including phenoxy) is 1. The second-order valence-corrected chi connectivity index (χ2v) is 8.68. The van der Waals surface area contributed by atoms with E-state index in [9.17, 15) is 18.8 Å².